The van der Waals surface area contributed by atoms with Crippen molar-refractivity contribution in [3.8, 4) is 16.9 Å². The molecule has 0 radical (unpaired) electrons. The second kappa shape index (κ2) is 13.9. The molecule has 3 aliphatic rings. The lowest BCUT2D eigenvalue weighted by Crippen LogP contribution is -2.46. The number of aromatic nitrogens is 1. The van der Waals surface area contributed by atoms with Gasteiger partial charge in [0.2, 0.25) is 5.91 Å². The number of pyridine rings is 1. The molecule has 4 heterocycles. The summed E-state index contributed by atoms with van der Waals surface area (Å²) >= 11 is 0. The molecule has 2 aromatic carbocycles. The number of hydrogen-bond acceptors (Lipinski definition) is 7. The summed E-state index contributed by atoms with van der Waals surface area (Å²) in [4.78, 5) is 48.2. The Bertz CT molecular complexity index is 1840. The van der Waals surface area contributed by atoms with Crippen molar-refractivity contribution < 1.29 is 23.8 Å². The minimum atomic E-state index is -0.566. The van der Waals surface area contributed by atoms with E-state index in [0.29, 0.717) is 55.2 Å². The molecule has 2 fully saturated rings. The van der Waals surface area contributed by atoms with Crippen LogP contribution >= 0.6 is 0 Å². The second-order valence-corrected chi connectivity index (χ2v) is 14.9. The van der Waals surface area contributed by atoms with E-state index in [4.69, 9.17) is 14.2 Å². The average Bonchev–Trinajstić information content (AvgIpc) is 3.30. The smallest absolute Gasteiger partial charge is 0.256 e. The summed E-state index contributed by atoms with van der Waals surface area (Å²) in [5, 5.41) is 3.01. The lowest BCUT2D eigenvalue weighted by molar-refractivity contribution is -0.126. The first kappa shape index (κ1) is 35.7. The zero-order valence-electron chi connectivity index (χ0n) is 30.8. The first-order chi connectivity index (χ1) is 23.8. The number of nitrogens with zero attached hydrogens (tertiary/aromatic N) is 2. The van der Waals surface area contributed by atoms with Gasteiger partial charge in [-0.05, 0) is 121 Å². The van der Waals surface area contributed by atoms with E-state index in [1.807, 2.05) is 17.9 Å². The lowest BCUT2D eigenvalue weighted by Gasteiger charge is -2.42. The highest BCUT2D eigenvalue weighted by atomic mass is 16.5. The van der Waals surface area contributed by atoms with Crippen LogP contribution in [0, 0.1) is 13.8 Å². The van der Waals surface area contributed by atoms with Gasteiger partial charge in [0.15, 0.2) is 0 Å². The van der Waals surface area contributed by atoms with Gasteiger partial charge in [0.05, 0.1) is 30.2 Å². The van der Waals surface area contributed by atoms with E-state index in [1.165, 1.54) is 7.11 Å². The number of H-pyrrole nitrogens is 1. The summed E-state index contributed by atoms with van der Waals surface area (Å²) < 4.78 is 17.3. The Kier molecular flexibility index (Phi) is 9.89. The van der Waals surface area contributed by atoms with Crippen molar-refractivity contribution >= 4 is 23.2 Å². The Balaban J connectivity index is 1.45. The van der Waals surface area contributed by atoms with E-state index < -0.39 is 5.41 Å². The standard InChI is InChI=1S/C40H52N4O6/c1-9-43(29-12-15-50-39(6,7)22-29)33-21-28(19-30(26(33)5)36(45)41-23-31-35(48-8)18-25(4)42-37(31)46)27-10-11-32-34(20-27)44(24(2)3)38(47)40(32)13-16-49-17-14-40/h10-11,18-21,24,29H,9,12-17,22-23H2,1-8H3,(H,41,45)(H,42,46). The second-order valence-electron chi connectivity index (χ2n) is 14.9. The Morgan fingerprint density at radius 3 is 2.48 bits per heavy atom. The van der Waals surface area contributed by atoms with Gasteiger partial charge in [-0.15, -0.1) is 0 Å². The summed E-state index contributed by atoms with van der Waals surface area (Å²) in [6, 6.07) is 12.4. The topological polar surface area (TPSA) is 113 Å². The van der Waals surface area contributed by atoms with Crippen molar-refractivity contribution in [1.82, 2.24) is 10.3 Å². The van der Waals surface area contributed by atoms with Crippen molar-refractivity contribution in [3.05, 3.63) is 74.7 Å². The van der Waals surface area contributed by atoms with Gasteiger partial charge in [-0.25, -0.2) is 0 Å². The Hall–Kier alpha value is -4.15. The molecule has 0 saturated carbocycles. The molecule has 0 bridgehead atoms. The van der Waals surface area contributed by atoms with E-state index in [2.05, 4.69) is 74.1 Å². The fourth-order valence-electron chi connectivity index (χ4n) is 8.28. The van der Waals surface area contributed by atoms with Gasteiger partial charge in [-0.1, -0.05) is 12.1 Å². The largest absolute Gasteiger partial charge is 0.496 e. The highest BCUT2D eigenvalue weighted by Gasteiger charge is 2.52. The zero-order chi connectivity index (χ0) is 36.0. The van der Waals surface area contributed by atoms with Crippen molar-refractivity contribution in [1.29, 1.82) is 0 Å². The molecule has 1 spiro atoms. The fourth-order valence-corrected chi connectivity index (χ4v) is 8.28. The van der Waals surface area contributed by atoms with E-state index in [0.717, 1.165) is 53.0 Å². The molecule has 3 aromatic rings. The third-order valence-electron chi connectivity index (χ3n) is 10.9. The number of carbonyl (C=O) groups excluding carboxylic acids is 2. The highest BCUT2D eigenvalue weighted by Crippen LogP contribution is 2.50. The Labute approximate surface area is 295 Å². The van der Waals surface area contributed by atoms with Crippen molar-refractivity contribution in [2.45, 2.75) is 104 Å². The number of nitrogens with one attached hydrogen (secondary N) is 2. The predicted molar refractivity (Wildman–Crippen MR) is 197 cm³/mol. The van der Waals surface area contributed by atoms with E-state index in [-0.39, 0.29) is 41.6 Å². The molecule has 10 nitrogen and oxygen atoms in total. The molecule has 3 aliphatic heterocycles. The molecule has 268 valence electrons. The Morgan fingerprint density at radius 1 is 1.08 bits per heavy atom. The van der Waals surface area contributed by atoms with Gasteiger partial charge < -0.3 is 34.3 Å². The van der Waals surface area contributed by atoms with Crippen LogP contribution in [0.15, 0.2) is 41.2 Å². The molecule has 10 heteroatoms. The third-order valence-corrected chi connectivity index (χ3v) is 10.9. The molecular weight excluding hydrogens is 632 g/mol. The molecule has 2 amide bonds. The molecular formula is C40H52N4O6. The van der Waals surface area contributed by atoms with Crippen LogP contribution in [-0.4, -0.2) is 68.0 Å². The van der Waals surface area contributed by atoms with Crippen LogP contribution in [-0.2, 0) is 26.2 Å². The minimum absolute atomic E-state index is 0.0111. The molecule has 0 aliphatic carbocycles. The SMILES string of the molecule is CCN(c1cc(-c2ccc3c(c2)N(C(C)C)C(=O)C32CCOCC2)cc(C(=O)NCc2c(OC)cc(C)[nH]c2=O)c1C)C1CCOC(C)(C)C1. The van der Waals surface area contributed by atoms with Crippen molar-refractivity contribution in [3.63, 3.8) is 0 Å². The Morgan fingerprint density at radius 2 is 1.82 bits per heavy atom. The molecule has 1 atom stereocenters. The number of methoxy groups -OCH3 is 1. The van der Waals surface area contributed by atoms with Crippen LogP contribution in [0.25, 0.3) is 11.1 Å². The summed E-state index contributed by atoms with van der Waals surface area (Å²) in [5.41, 5.74) is 6.12. The summed E-state index contributed by atoms with van der Waals surface area (Å²) in [7, 11) is 1.52. The summed E-state index contributed by atoms with van der Waals surface area (Å²) in [6.07, 6.45) is 3.08. The number of ether oxygens (including phenoxy) is 3. The van der Waals surface area contributed by atoms with E-state index in [9.17, 15) is 14.4 Å². The van der Waals surface area contributed by atoms with E-state index >= 15 is 0 Å². The fraction of sp³-hybridized carbons (Fsp3) is 0.525. The van der Waals surface area contributed by atoms with Crippen LogP contribution in [0.4, 0.5) is 11.4 Å². The maximum Gasteiger partial charge on any atom is 0.256 e. The normalized spacial score (nSPS) is 19.5. The monoisotopic (exact) mass is 684 g/mol. The zero-order valence-corrected chi connectivity index (χ0v) is 30.8. The molecule has 1 aromatic heterocycles. The van der Waals surface area contributed by atoms with Gasteiger partial charge in [0.25, 0.3) is 11.5 Å². The first-order valence-electron chi connectivity index (χ1n) is 18.0. The van der Waals surface area contributed by atoms with Crippen molar-refractivity contribution in [2.75, 3.05) is 43.3 Å². The van der Waals surface area contributed by atoms with E-state index in [1.54, 1.807) is 13.0 Å². The molecule has 2 N–H and O–H groups in total. The molecule has 2 saturated heterocycles. The number of anilines is 2. The van der Waals surface area contributed by atoms with Crippen LogP contribution in [0.3, 0.4) is 0 Å². The van der Waals surface area contributed by atoms with Crippen LogP contribution in [0.2, 0.25) is 0 Å². The maximum absolute atomic E-state index is 14.1. The number of hydrogen-bond donors (Lipinski definition) is 2. The number of carbonyl (C=O) groups is 2. The number of amides is 2. The van der Waals surface area contributed by atoms with Crippen LogP contribution in [0.1, 0.15) is 93.0 Å². The summed E-state index contributed by atoms with van der Waals surface area (Å²) in [5.74, 6) is 0.299. The number of rotatable bonds is 9. The first-order valence-corrected chi connectivity index (χ1v) is 18.0. The van der Waals surface area contributed by atoms with Crippen LogP contribution < -0.4 is 25.4 Å². The maximum atomic E-state index is 14.1. The molecule has 6 rings (SSSR count). The number of fused-ring (bicyclic) bond motifs is 2. The summed E-state index contributed by atoms with van der Waals surface area (Å²) in [6.45, 7) is 16.9. The molecule has 50 heavy (non-hydrogen) atoms. The number of benzene rings is 2. The van der Waals surface area contributed by atoms with Gasteiger partial charge in [-0.3, -0.25) is 14.4 Å². The number of aromatic amines is 1. The van der Waals surface area contributed by atoms with Gasteiger partial charge in [0, 0.05) is 61.1 Å². The van der Waals surface area contributed by atoms with Gasteiger partial charge in [-0.2, -0.15) is 0 Å². The third kappa shape index (κ3) is 6.44. The predicted octanol–water partition coefficient (Wildman–Crippen LogP) is 6.18. The van der Waals surface area contributed by atoms with Gasteiger partial charge >= 0.3 is 0 Å². The van der Waals surface area contributed by atoms with Gasteiger partial charge in [0.1, 0.15) is 5.75 Å². The molecule has 1 unspecified atom stereocenters. The average molecular weight is 685 g/mol. The van der Waals surface area contributed by atoms with Crippen molar-refractivity contribution in [2.24, 2.45) is 0 Å². The quantitative estimate of drug-likeness (QED) is 0.277. The highest BCUT2D eigenvalue weighted by molar-refractivity contribution is 6.09. The minimum Gasteiger partial charge on any atom is -0.496 e. The lowest BCUT2D eigenvalue weighted by atomic mass is 9.75. The number of aryl methyl sites for hydroxylation is 1. The van der Waals surface area contributed by atoms with Crippen LogP contribution in [0.5, 0.6) is 5.75 Å².